The van der Waals surface area contributed by atoms with Crippen molar-refractivity contribution in [1.29, 1.82) is 0 Å². The van der Waals surface area contributed by atoms with Gasteiger partial charge in [-0.05, 0) is 36.8 Å². The van der Waals surface area contributed by atoms with Crippen LogP contribution in [0.25, 0.3) is 0 Å². The number of hydrogen-bond acceptors (Lipinski definition) is 2. The largest absolute Gasteiger partial charge is 0.339 e. The van der Waals surface area contributed by atoms with Crippen LogP contribution in [0.1, 0.15) is 55.7 Å². The highest BCUT2D eigenvalue weighted by molar-refractivity contribution is 5.89. The van der Waals surface area contributed by atoms with Crippen LogP contribution in [0.4, 0.5) is 0 Å². The van der Waals surface area contributed by atoms with Crippen molar-refractivity contribution in [2.75, 3.05) is 13.6 Å². The highest BCUT2D eigenvalue weighted by atomic mass is 16.2. The van der Waals surface area contributed by atoms with Gasteiger partial charge < -0.3 is 9.80 Å². The minimum atomic E-state index is -0.157. The fourth-order valence-corrected chi connectivity index (χ4v) is 4.84. The summed E-state index contributed by atoms with van der Waals surface area (Å²) >= 11 is 0. The van der Waals surface area contributed by atoms with E-state index in [0.717, 1.165) is 25.7 Å². The van der Waals surface area contributed by atoms with E-state index in [9.17, 15) is 9.59 Å². The van der Waals surface area contributed by atoms with Crippen LogP contribution in [-0.2, 0) is 16.0 Å². The van der Waals surface area contributed by atoms with Crippen molar-refractivity contribution in [3.63, 3.8) is 0 Å². The molecule has 2 atom stereocenters. The first-order valence-corrected chi connectivity index (χ1v) is 9.29. The van der Waals surface area contributed by atoms with Gasteiger partial charge in [0.15, 0.2) is 0 Å². The Kier molecular flexibility index (Phi) is 4.07. The zero-order valence-corrected chi connectivity index (χ0v) is 14.4. The summed E-state index contributed by atoms with van der Waals surface area (Å²) in [5, 5.41) is 0. The number of carbonyl (C=O) groups is 2. The molecule has 128 valence electrons. The number of nitrogens with zero attached hydrogens (tertiary/aromatic N) is 2. The number of carbonyl (C=O) groups excluding carboxylic acids is 2. The minimum absolute atomic E-state index is 0.144. The summed E-state index contributed by atoms with van der Waals surface area (Å²) in [7, 11) is 1.91. The van der Waals surface area contributed by atoms with Crippen molar-refractivity contribution >= 4 is 11.8 Å². The van der Waals surface area contributed by atoms with E-state index in [1.165, 1.54) is 24.0 Å². The van der Waals surface area contributed by atoms with E-state index >= 15 is 0 Å². The van der Waals surface area contributed by atoms with Gasteiger partial charge in [-0.15, -0.1) is 0 Å². The van der Waals surface area contributed by atoms with Gasteiger partial charge in [0.05, 0.1) is 12.0 Å². The van der Waals surface area contributed by atoms with Gasteiger partial charge in [0, 0.05) is 26.1 Å². The number of fused-ring (bicyclic) bond motifs is 1. The molecular formula is C20H26N2O2. The van der Waals surface area contributed by atoms with E-state index in [1.54, 1.807) is 0 Å². The van der Waals surface area contributed by atoms with Crippen LogP contribution < -0.4 is 0 Å². The van der Waals surface area contributed by atoms with Crippen molar-refractivity contribution in [2.24, 2.45) is 5.92 Å². The van der Waals surface area contributed by atoms with Crippen LogP contribution in [0, 0.1) is 5.92 Å². The number of aryl methyl sites for hydroxylation is 1. The summed E-state index contributed by atoms with van der Waals surface area (Å²) in [6.45, 7) is 0.626. The van der Waals surface area contributed by atoms with Crippen LogP contribution in [0.2, 0.25) is 0 Å². The second-order valence-electron chi connectivity index (χ2n) is 7.59. The molecule has 0 unspecified atom stereocenters. The van der Waals surface area contributed by atoms with Crippen molar-refractivity contribution in [1.82, 2.24) is 9.80 Å². The maximum Gasteiger partial charge on any atom is 0.228 e. The predicted molar refractivity (Wildman–Crippen MR) is 92.4 cm³/mol. The number of benzene rings is 1. The van der Waals surface area contributed by atoms with Gasteiger partial charge in [0.25, 0.3) is 0 Å². The third-order valence-corrected chi connectivity index (χ3v) is 6.19. The smallest absolute Gasteiger partial charge is 0.228 e. The molecule has 1 aliphatic heterocycles. The molecule has 0 spiro atoms. The van der Waals surface area contributed by atoms with E-state index in [0.29, 0.717) is 19.0 Å². The second kappa shape index (κ2) is 6.23. The van der Waals surface area contributed by atoms with E-state index < -0.39 is 0 Å². The Balaban J connectivity index is 1.45. The quantitative estimate of drug-likeness (QED) is 0.857. The molecule has 0 radical (unpaired) electrons. The standard InChI is InChI=1S/C20H26N2O2/c1-21(18-11-10-14-6-2-5-9-17(14)18)20(24)15-12-19(23)22(13-15)16-7-3-4-8-16/h2,5-6,9,15-16,18H,3-4,7-8,10-13H2,1H3/t15-,18-/m1/s1. The molecule has 2 amide bonds. The molecule has 1 aromatic rings. The van der Waals surface area contributed by atoms with E-state index in [4.69, 9.17) is 0 Å². The molecule has 2 aliphatic carbocycles. The Labute approximate surface area is 143 Å². The zero-order valence-electron chi connectivity index (χ0n) is 14.4. The van der Waals surface area contributed by atoms with Crippen LogP contribution in [0.5, 0.6) is 0 Å². The maximum atomic E-state index is 13.0. The Hall–Kier alpha value is -1.84. The average Bonchev–Trinajstić information content (AvgIpc) is 3.32. The summed E-state index contributed by atoms with van der Waals surface area (Å²) in [6.07, 6.45) is 7.08. The Morgan fingerprint density at radius 2 is 1.92 bits per heavy atom. The Morgan fingerprint density at radius 1 is 1.17 bits per heavy atom. The van der Waals surface area contributed by atoms with E-state index in [1.807, 2.05) is 16.8 Å². The molecule has 4 nitrogen and oxygen atoms in total. The third kappa shape index (κ3) is 2.62. The normalized spacial score (nSPS) is 26.9. The van der Waals surface area contributed by atoms with Gasteiger partial charge in [-0.1, -0.05) is 37.1 Å². The van der Waals surface area contributed by atoms with Crippen molar-refractivity contribution in [3.8, 4) is 0 Å². The van der Waals surface area contributed by atoms with Crippen LogP contribution in [0.3, 0.4) is 0 Å². The lowest BCUT2D eigenvalue weighted by Gasteiger charge is -2.29. The van der Waals surface area contributed by atoms with Gasteiger partial charge in [0.2, 0.25) is 11.8 Å². The van der Waals surface area contributed by atoms with Gasteiger partial charge in [0.1, 0.15) is 0 Å². The highest BCUT2D eigenvalue weighted by Crippen LogP contribution is 2.37. The summed E-state index contributed by atoms with van der Waals surface area (Å²) < 4.78 is 0. The predicted octanol–water partition coefficient (Wildman–Crippen LogP) is 2.92. The minimum Gasteiger partial charge on any atom is -0.339 e. The monoisotopic (exact) mass is 326 g/mol. The first-order valence-electron chi connectivity index (χ1n) is 9.29. The summed E-state index contributed by atoms with van der Waals surface area (Å²) in [5.74, 6) is 0.168. The van der Waals surface area contributed by atoms with Gasteiger partial charge >= 0.3 is 0 Å². The molecule has 1 heterocycles. The zero-order chi connectivity index (χ0) is 16.7. The molecule has 0 N–H and O–H groups in total. The van der Waals surface area contributed by atoms with Crippen LogP contribution in [0.15, 0.2) is 24.3 Å². The SMILES string of the molecule is CN(C(=O)[C@@H]1CC(=O)N(C2CCCC2)C1)[C@@H]1CCc2ccccc21. The maximum absolute atomic E-state index is 13.0. The molecule has 24 heavy (non-hydrogen) atoms. The molecular weight excluding hydrogens is 300 g/mol. The number of hydrogen-bond donors (Lipinski definition) is 0. The summed E-state index contributed by atoms with van der Waals surface area (Å²) in [4.78, 5) is 29.3. The lowest BCUT2D eigenvalue weighted by Crippen LogP contribution is -2.38. The van der Waals surface area contributed by atoms with E-state index in [-0.39, 0.29) is 23.8 Å². The molecule has 1 saturated carbocycles. The van der Waals surface area contributed by atoms with Crippen molar-refractivity contribution in [3.05, 3.63) is 35.4 Å². The number of likely N-dealkylation sites (tertiary alicyclic amines) is 1. The summed E-state index contributed by atoms with van der Waals surface area (Å²) in [5.41, 5.74) is 2.64. The van der Waals surface area contributed by atoms with Crippen molar-refractivity contribution < 1.29 is 9.59 Å². The fraction of sp³-hybridized carbons (Fsp3) is 0.600. The molecule has 0 bridgehead atoms. The first-order chi connectivity index (χ1) is 11.6. The number of rotatable bonds is 3. The van der Waals surface area contributed by atoms with Crippen LogP contribution in [-0.4, -0.2) is 41.2 Å². The molecule has 1 aromatic carbocycles. The highest BCUT2D eigenvalue weighted by Gasteiger charge is 2.41. The van der Waals surface area contributed by atoms with Gasteiger partial charge in [-0.3, -0.25) is 9.59 Å². The topological polar surface area (TPSA) is 40.6 Å². The average molecular weight is 326 g/mol. The molecule has 3 aliphatic rings. The lowest BCUT2D eigenvalue weighted by atomic mass is 10.0. The second-order valence-corrected chi connectivity index (χ2v) is 7.59. The van der Waals surface area contributed by atoms with Crippen LogP contribution >= 0.6 is 0 Å². The Bertz CT molecular complexity index is 651. The molecule has 0 aromatic heterocycles. The summed E-state index contributed by atoms with van der Waals surface area (Å²) in [6, 6.07) is 8.97. The van der Waals surface area contributed by atoms with Gasteiger partial charge in [-0.2, -0.15) is 0 Å². The molecule has 2 fully saturated rings. The third-order valence-electron chi connectivity index (χ3n) is 6.19. The van der Waals surface area contributed by atoms with E-state index in [2.05, 4.69) is 24.3 Å². The van der Waals surface area contributed by atoms with Gasteiger partial charge in [-0.25, -0.2) is 0 Å². The fourth-order valence-electron chi connectivity index (χ4n) is 4.84. The molecule has 4 heteroatoms. The number of amides is 2. The first kappa shape index (κ1) is 15.7. The lowest BCUT2D eigenvalue weighted by molar-refractivity contribution is -0.136. The van der Waals surface area contributed by atoms with Crippen molar-refractivity contribution in [2.45, 2.75) is 57.0 Å². The Morgan fingerprint density at radius 3 is 2.71 bits per heavy atom. The molecule has 1 saturated heterocycles. The molecule has 4 rings (SSSR count).